The standard InChI is InChI=1S/C19H20N2O2/c22-18(16-5-3-11-20-14-16)21-12-9-19(10-13-21)8-7-15-4-1-2-6-17(15)23-19/h1-6,11,14H,7-10,12-13H2. The molecule has 1 aromatic heterocycles. The molecule has 0 N–H and O–H groups in total. The van der Waals surface area contributed by atoms with Gasteiger partial charge < -0.3 is 9.64 Å². The van der Waals surface area contributed by atoms with Crippen molar-refractivity contribution in [3.8, 4) is 5.75 Å². The SMILES string of the molecule is O=C(c1cccnc1)N1CCC2(CCc3ccccc3O2)CC1. The molecular formula is C19H20N2O2. The Bertz CT molecular complexity index is 706. The van der Waals surface area contributed by atoms with E-state index in [-0.39, 0.29) is 11.5 Å². The zero-order valence-corrected chi connectivity index (χ0v) is 13.1. The molecule has 2 aliphatic heterocycles. The summed E-state index contributed by atoms with van der Waals surface area (Å²) in [6.45, 7) is 1.49. The van der Waals surface area contributed by atoms with Gasteiger partial charge in [0.15, 0.2) is 0 Å². The predicted molar refractivity (Wildman–Crippen MR) is 87.5 cm³/mol. The van der Waals surface area contributed by atoms with E-state index < -0.39 is 0 Å². The van der Waals surface area contributed by atoms with Gasteiger partial charge in [-0.3, -0.25) is 9.78 Å². The molecule has 1 spiro atoms. The number of pyridine rings is 1. The lowest BCUT2D eigenvalue weighted by atomic mass is 9.83. The molecule has 2 aromatic rings. The Hall–Kier alpha value is -2.36. The third-order valence-electron chi connectivity index (χ3n) is 5.02. The van der Waals surface area contributed by atoms with Crippen LogP contribution in [-0.2, 0) is 6.42 Å². The van der Waals surface area contributed by atoms with Gasteiger partial charge in [-0.2, -0.15) is 0 Å². The quantitative estimate of drug-likeness (QED) is 0.813. The molecule has 0 radical (unpaired) electrons. The number of fused-ring (bicyclic) bond motifs is 1. The van der Waals surface area contributed by atoms with Crippen LogP contribution >= 0.6 is 0 Å². The highest BCUT2D eigenvalue weighted by molar-refractivity contribution is 5.93. The van der Waals surface area contributed by atoms with E-state index >= 15 is 0 Å². The maximum atomic E-state index is 12.5. The van der Waals surface area contributed by atoms with E-state index in [2.05, 4.69) is 23.2 Å². The van der Waals surface area contributed by atoms with E-state index in [4.69, 9.17) is 4.74 Å². The van der Waals surface area contributed by atoms with Crippen molar-refractivity contribution in [3.05, 3.63) is 59.9 Å². The van der Waals surface area contributed by atoms with E-state index in [0.29, 0.717) is 5.56 Å². The van der Waals surface area contributed by atoms with Crippen LogP contribution in [0.1, 0.15) is 35.2 Å². The summed E-state index contributed by atoms with van der Waals surface area (Å²) in [5.74, 6) is 1.09. The van der Waals surface area contributed by atoms with Crippen LogP contribution in [0.3, 0.4) is 0 Å². The van der Waals surface area contributed by atoms with Crippen LogP contribution in [0.4, 0.5) is 0 Å². The third kappa shape index (κ3) is 2.69. The molecule has 118 valence electrons. The number of para-hydroxylation sites is 1. The van der Waals surface area contributed by atoms with Crippen molar-refractivity contribution in [2.75, 3.05) is 13.1 Å². The number of carbonyl (C=O) groups excluding carboxylic acids is 1. The number of piperidine rings is 1. The molecule has 0 aliphatic carbocycles. The van der Waals surface area contributed by atoms with E-state index in [0.717, 1.165) is 44.5 Å². The lowest BCUT2D eigenvalue weighted by Crippen LogP contribution is -2.51. The third-order valence-corrected chi connectivity index (χ3v) is 5.02. The first-order valence-corrected chi connectivity index (χ1v) is 8.22. The number of hydrogen-bond donors (Lipinski definition) is 0. The number of benzene rings is 1. The molecule has 2 aliphatic rings. The highest BCUT2D eigenvalue weighted by atomic mass is 16.5. The number of nitrogens with zero attached hydrogens (tertiary/aromatic N) is 2. The average molecular weight is 308 g/mol. The van der Waals surface area contributed by atoms with Crippen LogP contribution in [0.5, 0.6) is 5.75 Å². The first kappa shape index (κ1) is 14.2. The van der Waals surface area contributed by atoms with Gasteiger partial charge in [-0.05, 0) is 36.6 Å². The maximum Gasteiger partial charge on any atom is 0.255 e. The summed E-state index contributed by atoms with van der Waals surface area (Å²) in [7, 11) is 0. The van der Waals surface area contributed by atoms with Gasteiger partial charge in [-0.25, -0.2) is 0 Å². The van der Waals surface area contributed by atoms with Crippen LogP contribution in [0.25, 0.3) is 0 Å². The lowest BCUT2D eigenvalue weighted by molar-refractivity contribution is -0.0107. The molecule has 0 saturated carbocycles. The molecule has 1 fully saturated rings. The van der Waals surface area contributed by atoms with E-state index in [1.54, 1.807) is 18.5 Å². The summed E-state index contributed by atoms with van der Waals surface area (Å²) < 4.78 is 6.34. The fraction of sp³-hybridized carbons (Fsp3) is 0.368. The molecule has 3 heterocycles. The van der Waals surface area contributed by atoms with E-state index in [9.17, 15) is 4.79 Å². The van der Waals surface area contributed by atoms with Crippen molar-refractivity contribution in [1.29, 1.82) is 0 Å². The number of likely N-dealkylation sites (tertiary alicyclic amines) is 1. The minimum Gasteiger partial charge on any atom is -0.487 e. The Morgan fingerprint density at radius 1 is 1.09 bits per heavy atom. The fourth-order valence-corrected chi connectivity index (χ4v) is 3.60. The molecule has 4 nitrogen and oxygen atoms in total. The number of rotatable bonds is 1. The van der Waals surface area contributed by atoms with E-state index in [1.165, 1.54) is 5.56 Å². The van der Waals surface area contributed by atoms with Crippen LogP contribution < -0.4 is 4.74 Å². The Morgan fingerprint density at radius 2 is 1.91 bits per heavy atom. The van der Waals surface area contributed by atoms with Crippen molar-refractivity contribution in [2.45, 2.75) is 31.3 Å². The molecule has 1 saturated heterocycles. The molecule has 23 heavy (non-hydrogen) atoms. The van der Waals surface area contributed by atoms with Crippen LogP contribution in [-0.4, -0.2) is 34.5 Å². The van der Waals surface area contributed by atoms with Crippen LogP contribution in [0.15, 0.2) is 48.8 Å². The second-order valence-corrected chi connectivity index (χ2v) is 6.43. The van der Waals surface area contributed by atoms with Crippen molar-refractivity contribution in [2.24, 2.45) is 0 Å². The average Bonchev–Trinajstić information content (AvgIpc) is 2.62. The maximum absolute atomic E-state index is 12.5. The topological polar surface area (TPSA) is 42.4 Å². The first-order valence-electron chi connectivity index (χ1n) is 8.22. The largest absolute Gasteiger partial charge is 0.487 e. The van der Waals surface area contributed by atoms with Gasteiger partial charge in [0.05, 0.1) is 5.56 Å². The minimum absolute atomic E-state index is 0.0733. The first-order chi connectivity index (χ1) is 11.3. The van der Waals surface area contributed by atoms with Gasteiger partial charge in [0, 0.05) is 38.3 Å². The number of carbonyl (C=O) groups is 1. The molecule has 4 heteroatoms. The van der Waals surface area contributed by atoms with Crippen LogP contribution in [0.2, 0.25) is 0 Å². The molecule has 4 rings (SSSR count). The summed E-state index contributed by atoms with van der Waals surface area (Å²) in [6.07, 6.45) is 7.22. The summed E-state index contributed by atoms with van der Waals surface area (Å²) in [6, 6.07) is 11.9. The number of aryl methyl sites for hydroxylation is 1. The highest BCUT2D eigenvalue weighted by Gasteiger charge is 2.40. The summed E-state index contributed by atoms with van der Waals surface area (Å²) in [5.41, 5.74) is 1.87. The van der Waals surface area contributed by atoms with Gasteiger partial charge in [-0.1, -0.05) is 18.2 Å². The Morgan fingerprint density at radius 3 is 2.70 bits per heavy atom. The zero-order valence-electron chi connectivity index (χ0n) is 13.1. The number of hydrogen-bond acceptors (Lipinski definition) is 3. The van der Waals surface area contributed by atoms with Gasteiger partial charge in [-0.15, -0.1) is 0 Å². The fourth-order valence-electron chi connectivity index (χ4n) is 3.60. The predicted octanol–water partition coefficient (Wildman–Crippen LogP) is 3.08. The van der Waals surface area contributed by atoms with Crippen molar-refractivity contribution >= 4 is 5.91 Å². The molecular weight excluding hydrogens is 288 g/mol. The molecule has 0 unspecified atom stereocenters. The van der Waals surface area contributed by atoms with Gasteiger partial charge in [0.1, 0.15) is 11.4 Å². The summed E-state index contributed by atoms with van der Waals surface area (Å²) in [4.78, 5) is 18.5. The summed E-state index contributed by atoms with van der Waals surface area (Å²) in [5, 5.41) is 0. The number of ether oxygens (including phenoxy) is 1. The van der Waals surface area contributed by atoms with Crippen LogP contribution in [0, 0.1) is 0 Å². The normalized spacial score (nSPS) is 19.0. The number of amides is 1. The second kappa shape index (κ2) is 5.69. The zero-order chi connectivity index (χ0) is 15.7. The molecule has 1 aromatic carbocycles. The highest BCUT2D eigenvalue weighted by Crippen LogP contribution is 2.39. The Labute approximate surface area is 136 Å². The van der Waals surface area contributed by atoms with E-state index in [1.807, 2.05) is 17.0 Å². The number of aromatic nitrogens is 1. The summed E-state index contributed by atoms with van der Waals surface area (Å²) >= 11 is 0. The molecule has 1 amide bonds. The van der Waals surface area contributed by atoms with Crippen molar-refractivity contribution in [3.63, 3.8) is 0 Å². The monoisotopic (exact) mass is 308 g/mol. The lowest BCUT2D eigenvalue weighted by Gasteiger charge is -2.44. The Kier molecular flexibility index (Phi) is 3.52. The van der Waals surface area contributed by atoms with Crippen molar-refractivity contribution < 1.29 is 9.53 Å². The van der Waals surface area contributed by atoms with Crippen molar-refractivity contribution in [1.82, 2.24) is 9.88 Å². The minimum atomic E-state index is -0.0972. The van der Waals surface area contributed by atoms with Gasteiger partial charge in [0.25, 0.3) is 5.91 Å². The van der Waals surface area contributed by atoms with Gasteiger partial charge >= 0.3 is 0 Å². The Balaban J connectivity index is 1.45. The second-order valence-electron chi connectivity index (χ2n) is 6.43. The molecule has 0 atom stereocenters. The van der Waals surface area contributed by atoms with Gasteiger partial charge in [0.2, 0.25) is 0 Å². The molecule has 0 bridgehead atoms. The smallest absolute Gasteiger partial charge is 0.255 e.